The van der Waals surface area contributed by atoms with Crippen LogP contribution in [0.5, 0.6) is 0 Å². The standard InChI is InChI=1S/C19H35NO2/c1-5-14(3)16-9-10-17(19(16,4)6-2)18(22)13-20-11-7-8-15(21)12-20/h14-17,21H,5-13H2,1-4H3. The molecule has 1 aliphatic heterocycles. The van der Waals surface area contributed by atoms with Gasteiger partial charge < -0.3 is 5.11 Å². The highest BCUT2D eigenvalue weighted by Crippen LogP contribution is 2.53. The van der Waals surface area contributed by atoms with E-state index in [0.717, 1.165) is 32.2 Å². The van der Waals surface area contributed by atoms with Crippen molar-refractivity contribution in [2.45, 2.75) is 72.3 Å². The molecule has 0 aromatic heterocycles. The van der Waals surface area contributed by atoms with Gasteiger partial charge in [0, 0.05) is 12.5 Å². The minimum absolute atomic E-state index is 0.168. The van der Waals surface area contributed by atoms with Crippen LogP contribution in [0.25, 0.3) is 0 Å². The molecule has 128 valence electrons. The second-order valence-electron chi connectivity index (χ2n) is 7.98. The average molecular weight is 309 g/mol. The molecule has 1 heterocycles. The summed E-state index contributed by atoms with van der Waals surface area (Å²) < 4.78 is 0. The van der Waals surface area contributed by atoms with E-state index in [9.17, 15) is 9.90 Å². The fourth-order valence-corrected chi connectivity index (χ4v) is 5.03. The van der Waals surface area contributed by atoms with Crippen molar-refractivity contribution in [3.05, 3.63) is 0 Å². The monoisotopic (exact) mass is 309 g/mol. The van der Waals surface area contributed by atoms with Crippen molar-refractivity contribution in [1.82, 2.24) is 4.90 Å². The first-order valence-electron chi connectivity index (χ1n) is 9.35. The van der Waals surface area contributed by atoms with Gasteiger partial charge in [0.25, 0.3) is 0 Å². The Balaban J connectivity index is 2.02. The third kappa shape index (κ3) is 3.56. The van der Waals surface area contributed by atoms with Crippen molar-refractivity contribution in [2.24, 2.45) is 23.2 Å². The zero-order valence-corrected chi connectivity index (χ0v) is 15.0. The lowest BCUT2D eigenvalue weighted by Gasteiger charge is -2.39. The van der Waals surface area contributed by atoms with E-state index in [0.29, 0.717) is 30.7 Å². The van der Waals surface area contributed by atoms with E-state index in [1.54, 1.807) is 0 Å². The number of ketones is 1. The fourth-order valence-electron chi connectivity index (χ4n) is 5.03. The molecule has 1 saturated heterocycles. The van der Waals surface area contributed by atoms with Gasteiger partial charge in [-0.3, -0.25) is 9.69 Å². The minimum Gasteiger partial charge on any atom is -0.392 e. The summed E-state index contributed by atoms with van der Waals surface area (Å²) in [4.78, 5) is 15.1. The second kappa shape index (κ2) is 7.44. The lowest BCUT2D eigenvalue weighted by Crippen LogP contribution is -2.44. The van der Waals surface area contributed by atoms with Crippen molar-refractivity contribution >= 4 is 5.78 Å². The summed E-state index contributed by atoms with van der Waals surface area (Å²) in [7, 11) is 0. The second-order valence-corrected chi connectivity index (χ2v) is 7.98. The number of Topliss-reactive ketones (excluding diaryl/α,β-unsaturated/α-hetero) is 1. The zero-order valence-electron chi connectivity index (χ0n) is 15.0. The molecule has 5 unspecified atom stereocenters. The molecule has 2 aliphatic rings. The lowest BCUT2D eigenvalue weighted by atomic mass is 9.66. The maximum atomic E-state index is 12.9. The van der Waals surface area contributed by atoms with Crippen molar-refractivity contribution in [3.8, 4) is 0 Å². The largest absolute Gasteiger partial charge is 0.392 e. The molecule has 0 aromatic rings. The predicted molar refractivity (Wildman–Crippen MR) is 90.8 cm³/mol. The Morgan fingerprint density at radius 3 is 2.64 bits per heavy atom. The van der Waals surface area contributed by atoms with Crippen LogP contribution in [-0.4, -0.2) is 41.5 Å². The number of β-amino-alcohol motifs (C(OH)–C–C–N with tert-alkyl or cyclic N) is 1. The smallest absolute Gasteiger partial charge is 0.150 e. The molecule has 0 radical (unpaired) electrons. The third-order valence-electron chi connectivity index (χ3n) is 6.75. The van der Waals surface area contributed by atoms with Crippen LogP contribution in [0, 0.1) is 23.2 Å². The van der Waals surface area contributed by atoms with Gasteiger partial charge in [-0.05, 0) is 55.9 Å². The summed E-state index contributed by atoms with van der Waals surface area (Å²) in [5.41, 5.74) is 0.168. The van der Waals surface area contributed by atoms with Crippen LogP contribution >= 0.6 is 0 Å². The number of hydrogen-bond acceptors (Lipinski definition) is 3. The SMILES string of the molecule is CCC(C)C1CCC(C(=O)CN2CCCC(O)C2)C1(C)CC. The summed E-state index contributed by atoms with van der Waals surface area (Å²) >= 11 is 0. The first kappa shape index (κ1) is 17.9. The summed E-state index contributed by atoms with van der Waals surface area (Å²) in [6.07, 6.45) is 6.24. The molecule has 1 N–H and O–H groups in total. The van der Waals surface area contributed by atoms with Gasteiger partial charge in [-0.25, -0.2) is 0 Å². The molecule has 1 aliphatic carbocycles. The van der Waals surface area contributed by atoms with Gasteiger partial charge in [0.15, 0.2) is 0 Å². The van der Waals surface area contributed by atoms with Gasteiger partial charge in [0.2, 0.25) is 0 Å². The molecule has 0 bridgehead atoms. The van der Waals surface area contributed by atoms with E-state index < -0.39 is 0 Å². The predicted octanol–water partition coefficient (Wildman–Crippen LogP) is 3.50. The zero-order chi connectivity index (χ0) is 16.3. The first-order chi connectivity index (χ1) is 10.4. The highest BCUT2D eigenvalue weighted by Gasteiger charge is 2.49. The Morgan fingerprint density at radius 1 is 1.32 bits per heavy atom. The number of piperidine rings is 1. The quantitative estimate of drug-likeness (QED) is 0.816. The molecule has 3 nitrogen and oxygen atoms in total. The average Bonchev–Trinajstić information content (AvgIpc) is 2.84. The Morgan fingerprint density at radius 2 is 2.05 bits per heavy atom. The number of carbonyl (C=O) groups excluding carboxylic acids is 1. The van der Waals surface area contributed by atoms with Crippen LogP contribution < -0.4 is 0 Å². The summed E-state index contributed by atoms with van der Waals surface area (Å²) in [6.45, 7) is 11.4. The Hall–Kier alpha value is -0.410. The molecule has 2 rings (SSSR count). The molecular weight excluding hydrogens is 274 g/mol. The summed E-state index contributed by atoms with van der Waals surface area (Å²) in [6, 6.07) is 0. The van der Waals surface area contributed by atoms with Gasteiger partial charge >= 0.3 is 0 Å². The van der Waals surface area contributed by atoms with E-state index in [2.05, 4.69) is 32.6 Å². The molecule has 0 aromatic carbocycles. The number of aliphatic hydroxyl groups excluding tert-OH is 1. The molecule has 0 spiro atoms. The van der Waals surface area contributed by atoms with E-state index in [-0.39, 0.29) is 17.4 Å². The molecule has 5 atom stereocenters. The van der Waals surface area contributed by atoms with Crippen LogP contribution in [-0.2, 0) is 4.79 Å². The van der Waals surface area contributed by atoms with E-state index in [1.807, 2.05) is 0 Å². The normalized spacial score (nSPS) is 38.1. The molecular formula is C19H35NO2. The lowest BCUT2D eigenvalue weighted by molar-refractivity contribution is -0.128. The van der Waals surface area contributed by atoms with E-state index in [4.69, 9.17) is 0 Å². The minimum atomic E-state index is -0.240. The number of carbonyl (C=O) groups is 1. The summed E-state index contributed by atoms with van der Waals surface area (Å²) in [5, 5.41) is 9.80. The fraction of sp³-hybridized carbons (Fsp3) is 0.947. The molecule has 3 heteroatoms. The molecule has 22 heavy (non-hydrogen) atoms. The molecule has 0 amide bonds. The van der Waals surface area contributed by atoms with Crippen LogP contribution in [0.2, 0.25) is 0 Å². The van der Waals surface area contributed by atoms with Crippen molar-refractivity contribution < 1.29 is 9.90 Å². The van der Waals surface area contributed by atoms with Gasteiger partial charge in [-0.1, -0.05) is 34.1 Å². The third-order valence-corrected chi connectivity index (χ3v) is 6.75. The van der Waals surface area contributed by atoms with Crippen LogP contribution in [0.4, 0.5) is 0 Å². The van der Waals surface area contributed by atoms with Crippen LogP contribution in [0.1, 0.15) is 66.2 Å². The van der Waals surface area contributed by atoms with E-state index >= 15 is 0 Å². The number of likely N-dealkylation sites (tertiary alicyclic amines) is 1. The molecule has 2 fully saturated rings. The highest BCUT2D eigenvalue weighted by molar-refractivity contribution is 5.84. The maximum absolute atomic E-state index is 12.9. The van der Waals surface area contributed by atoms with Crippen molar-refractivity contribution in [2.75, 3.05) is 19.6 Å². The van der Waals surface area contributed by atoms with Crippen molar-refractivity contribution in [1.29, 1.82) is 0 Å². The van der Waals surface area contributed by atoms with Gasteiger partial charge in [-0.15, -0.1) is 0 Å². The van der Waals surface area contributed by atoms with Gasteiger partial charge in [0.05, 0.1) is 12.6 Å². The maximum Gasteiger partial charge on any atom is 0.150 e. The van der Waals surface area contributed by atoms with E-state index in [1.165, 1.54) is 12.8 Å². The Kier molecular flexibility index (Phi) is 6.07. The van der Waals surface area contributed by atoms with Gasteiger partial charge in [0.1, 0.15) is 5.78 Å². The summed E-state index contributed by atoms with van der Waals surface area (Å²) in [5.74, 6) is 2.03. The first-order valence-corrected chi connectivity index (χ1v) is 9.35. The number of nitrogens with zero attached hydrogens (tertiary/aromatic N) is 1. The van der Waals surface area contributed by atoms with Crippen LogP contribution in [0.15, 0.2) is 0 Å². The van der Waals surface area contributed by atoms with Gasteiger partial charge in [-0.2, -0.15) is 0 Å². The van der Waals surface area contributed by atoms with Crippen LogP contribution in [0.3, 0.4) is 0 Å². The highest BCUT2D eigenvalue weighted by atomic mass is 16.3. The number of hydrogen-bond donors (Lipinski definition) is 1. The topological polar surface area (TPSA) is 40.5 Å². The molecule has 1 saturated carbocycles. The number of rotatable bonds is 6. The Labute approximate surface area is 136 Å². The number of aliphatic hydroxyl groups is 1. The Bertz CT molecular complexity index is 384. The van der Waals surface area contributed by atoms with Crippen molar-refractivity contribution in [3.63, 3.8) is 0 Å².